The summed E-state index contributed by atoms with van der Waals surface area (Å²) in [6.07, 6.45) is 1.42. The number of likely N-dealkylation sites (tertiary alicyclic amines) is 1. The molecule has 1 aromatic heterocycles. The van der Waals surface area contributed by atoms with Crippen LogP contribution < -0.4 is 15.4 Å². The van der Waals surface area contributed by atoms with Gasteiger partial charge in [-0.25, -0.2) is 9.37 Å². The zero-order valence-electron chi connectivity index (χ0n) is 19.7. The highest BCUT2D eigenvalue weighted by molar-refractivity contribution is 8.26. The highest BCUT2D eigenvalue weighted by Gasteiger charge is 2.61. The number of carbonyl (C=O) groups excluding carboxylic acids is 1. The zero-order chi connectivity index (χ0) is 25.4. The molecule has 1 aromatic carbocycles. The fraction of sp³-hybridized carbons (Fsp3) is 0.375. The van der Waals surface area contributed by atoms with Crippen LogP contribution in [0.5, 0.6) is 5.75 Å². The van der Waals surface area contributed by atoms with E-state index in [0.717, 1.165) is 0 Å². The van der Waals surface area contributed by atoms with Crippen LogP contribution in [0.4, 0.5) is 10.1 Å². The van der Waals surface area contributed by atoms with Crippen molar-refractivity contribution in [2.45, 2.75) is 24.1 Å². The maximum Gasteiger partial charge on any atom is 0.274 e. The molecule has 0 aliphatic carbocycles. The number of amides is 1. The third-order valence-corrected chi connectivity index (χ3v) is 8.99. The van der Waals surface area contributed by atoms with E-state index in [2.05, 4.69) is 27.5 Å². The van der Waals surface area contributed by atoms with Gasteiger partial charge in [0.2, 0.25) is 0 Å². The van der Waals surface area contributed by atoms with Crippen molar-refractivity contribution >= 4 is 28.0 Å². The molecule has 2 aromatic rings. The molecule has 2 aliphatic heterocycles. The first-order valence-electron chi connectivity index (χ1n) is 10.9. The summed E-state index contributed by atoms with van der Waals surface area (Å²) in [4.78, 5) is 18.7. The van der Waals surface area contributed by atoms with Crippen molar-refractivity contribution < 1.29 is 23.0 Å². The molecule has 9 nitrogen and oxygen atoms in total. The molecule has 1 amide bonds. The van der Waals surface area contributed by atoms with E-state index in [1.165, 1.54) is 30.5 Å². The molecule has 0 radical (unpaired) electrons. The number of rotatable bonds is 5. The van der Waals surface area contributed by atoms with Gasteiger partial charge in [0, 0.05) is 24.3 Å². The van der Waals surface area contributed by atoms with Gasteiger partial charge in [-0.15, -0.1) is 5.92 Å². The first-order valence-corrected chi connectivity index (χ1v) is 12.6. The molecular weight excluding hydrogens is 473 g/mol. The summed E-state index contributed by atoms with van der Waals surface area (Å²) in [5, 5.41) is 14.2. The molecule has 2 aliphatic rings. The number of pyridine rings is 1. The lowest BCUT2D eigenvalue weighted by Gasteiger charge is -2.64. The van der Waals surface area contributed by atoms with Gasteiger partial charge >= 0.3 is 0 Å². The van der Waals surface area contributed by atoms with Crippen LogP contribution in [-0.2, 0) is 5.54 Å². The van der Waals surface area contributed by atoms with Gasteiger partial charge in [0.1, 0.15) is 34.5 Å². The fourth-order valence-electron chi connectivity index (χ4n) is 4.48. The number of benzene rings is 1. The molecule has 2 fully saturated rings. The van der Waals surface area contributed by atoms with Crippen LogP contribution in [-0.4, -0.2) is 68.0 Å². The molecule has 1 atom stereocenters. The highest BCUT2D eigenvalue weighted by atomic mass is 32.3. The molecule has 1 spiro atoms. The summed E-state index contributed by atoms with van der Waals surface area (Å²) < 4.78 is 41.2. The number of hydrogen-bond donors (Lipinski definition) is 5. The molecule has 0 unspecified atom stereocenters. The number of anilines is 1. The summed E-state index contributed by atoms with van der Waals surface area (Å²) in [5.41, 5.74) is -0.685. The summed E-state index contributed by atoms with van der Waals surface area (Å²) in [7, 11) is -1.41. The lowest BCUT2D eigenvalue weighted by atomic mass is 9.89. The van der Waals surface area contributed by atoms with Gasteiger partial charge in [0.15, 0.2) is 0 Å². The number of nitrogens with one attached hydrogen (secondary N) is 3. The summed E-state index contributed by atoms with van der Waals surface area (Å²) in [6, 6.07) is 7.16. The minimum absolute atomic E-state index is 0.0189. The maximum atomic E-state index is 14.9. The summed E-state index contributed by atoms with van der Waals surface area (Å²) >= 11 is 0. The van der Waals surface area contributed by atoms with Gasteiger partial charge in [-0.1, -0.05) is 5.92 Å². The minimum atomic E-state index is -3.25. The Morgan fingerprint density at radius 2 is 2.11 bits per heavy atom. The van der Waals surface area contributed by atoms with E-state index < -0.39 is 32.6 Å². The molecule has 4 rings (SSSR count). The van der Waals surface area contributed by atoms with Crippen LogP contribution in [0.1, 0.15) is 29.9 Å². The molecule has 11 heteroatoms. The number of hydrogen-bond acceptors (Lipinski definition) is 7. The smallest absolute Gasteiger partial charge is 0.274 e. The Morgan fingerprint density at radius 1 is 1.37 bits per heavy atom. The predicted molar refractivity (Wildman–Crippen MR) is 134 cm³/mol. The van der Waals surface area contributed by atoms with E-state index >= 15 is 0 Å². The normalized spacial score (nSPS) is 23.3. The monoisotopic (exact) mass is 501 g/mol. The van der Waals surface area contributed by atoms with E-state index in [4.69, 9.17) is 10.1 Å². The van der Waals surface area contributed by atoms with Crippen molar-refractivity contribution in [1.82, 2.24) is 15.2 Å². The van der Waals surface area contributed by atoms with Crippen LogP contribution in [0.25, 0.3) is 0 Å². The van der Waals surface area contributed by atoms with Crippen LogP contribution in [0.15, 0.2) is 36.5 Å². The van der Waals surface area contributed by atoms with E-state index in [-0.39, 0.29) is 29.5 Å². The Labute approximate surface area is 204 Å². The van der Waals surface area contributed by atoms with Gasteiger partial charge in [-0.05, 0) is 51.2 Å². The van der Waals surface area contributed by atoms with Crippen molar-refractivity contribution in [3.05, 3.63) is 53.6 Å². The predicted octanol–water partition coefficient (Wildman–Crippen LogP) is 3.11. The summed E-state index contributed by atoms with van der Waals surface area (Å²) in [5.74, 6) is 4.69. The lowest BCUT2D eigenvalue weighted by molar-refractivity contribution is 0.102. The molecular formula is C24H28FN5O4S. The number of aromatic nitrogens is 1. The average Bonchev–Trinajstić information content (AvgIpc) is 2.77. The number of carbonyl (C=O) groups is 1. The topological polar surface area (TPSA) is 131 Å². The van der Waals surface area contributed by atoms with Crippen molar-refractivity contribution in [2.24, 2.45) is 0 Å². The first-order chi connectivity index (χ1) is 16.5. The second kappa shape index (κ2) is 9.13. The van der Waals surface area contributed by atoms with Gasteiger partial charge in [-0.3, -0.25) is 19.3 Å². The van der Waals surface area contributed by atoms with Crippen LogP contribution in [0.3, 0.4) is 0 Å². The van der Waals surface area contributed by atoms with Gasteiger partial charge in [0.05, 0.1) is 17.5 Å². The minimum Gasteiger partial charge on any atom is -0.479 e. The molecule has 3 heterocycles. The fourth-order valence-corrected chi connectivity index (χ4v) is 7.02. The van der Waals surface area contributed by atoms with Crippen molar-refractivity contribution in [3.8, 4) is 17.6 Å². The second-order valence-electron chi connectivity index (χ2n) is 9.05. The van der Waals surface area contributed by atoms with Gasteiger partial charge < -0.3 is 20.3 Å². The zero-order valence-corrected chi connectivity index (χ0v) is 20.5. The van der Waals surface area contributed by atoms with E-state index in [1.54, 1.807) is 19.9 Å². The Hall–Kier alpha value is -3.17. The van der Waals surface area contributed by atoms with E-state index in [9.17, 15) is 18.3 Å². The maximum absolute atomic E-state index is 14.9. The van der Waals surface area contributed by atoms with Gasteiger partial charge in [-0.2, -0.15) is 10.6 Å². The number of ether oxygens (including phenoxy) is 1. The second-order valence-corrected chi connectivity index (χ2v) is 11.5. The van der Waals surface area contributed by atoms with Crippen LogP contribution in [0, 0.1) is 23.1 Å². The molecule has 2 saturated heterocycles. The van der Waals surface area contributed by atoms with Crippen LogP contribution >= 0.6 is 10.6 Å². The quantitative estimate of drug-likeness (QED) is 0.398. The standard InChI is InChI=1S/C24H28FN5O4S/c1-4-5-10-34-17-7-9-20(27-12-17)21(31)28-16-6-8-19(25)18(11-16)23(2)15-35(32,33)24(22(26)29-23)13-30(3)14-24/h6-9,11-12,32-33H,10,13-15H2,1-3H3,(H2,26,29)(H,28,31)/t23-/m0/s1. The molecule has 35 heavy (non-hydrogen) atoms. The SMILES string of the molecule is CC#CCOc1ccc(C(=O)Nc2ccc(F)c([C@]3(C)CS(O)(O)C4(CN(C)C4)C(=N)N3)c2)nc1. The number of nitrogens with zero attached hydrogens (tertiary/aromatic N) is 2. The van der Waals surface area contributed by atoms with E-state index in [1.807, 2.05) is 11.9 Å². The van der Waals surface area contributed by atoms with E-state index in [0.29, 0.717) is 24.5 Å². The third kappa shape index (κ3) is 4.58. The Balaban J connectivity index is 1.52. The lowest BCUT2D eigenvalue weighted by Crippen LogP contribution is -2.75. The number of amidine groups is 1. The summed E-state index contributed by atoms with van der Waals surface area (Å²) in [6.45, 7) is 4.24. The third-order valence-electron chi connectivity index (χ3n) is 6.30. The Morgan fingerprint density at radius 3 is 2.71 bits per heavy atom. The van der Waals surface area contributed by atoms with Crippen molar-refractivity contribution in [1.29, 1.82) is 5.41 Å². The highest BCUT2D eigenvalue weighted by Crippen LogP contribution is 2.61. The molecule has 5 N–H and O–H groups in total. The number of halogens is 1. The van der Waals surface area contributed by atoms with Crippen LogP contribution in [0.2, 0.25) is 0 Å². The molecule has 186 valence electrons. The van der Waals surface area contributed by atoms with Gasteiger partial charge in [0.25, 0.3) is 5.91 Å². The molecule has 0 saturated carbocycles. The average molecular weight is 502 g/mol. The largest absolute Gasteiger partial charge is 0.479 e. The van der Waals surface area contributed by atoms with Crippen molar-refractivity contribution in [3.63, 3.8) is 0 Å². The Bertz CT molecular complexity index is 1220. The molecule has 0 bridgehead atoms. The van der Waals surface area contributed by atoms with Crippen molar-refractivity contribution in [2.75, 3.05) is 37.8 Å². The Kier molecular flexibility index (Phi) is 6.50. The first kappa shape index (κ1) is 24.9.